The van der Waals surface area contributed by atoms with Crippen LogP contribution >= 0.6 is 0 Å². The molecule has 0 aromatic rings. The van der Waals surface area contributed by atoms with Crippen molar-refractivity contribution in [2.45, 2.75) is 6.42 Å². The molecule has 0 unspecified atom stereocenters. The zero-order valence-corrected chi connectivity index (χ0v) is 6.74. The Labute approximate surface area is 73.6 Å². The molecular formula is C7H8N2O4. The number of amides is 1. The summed E-state index contributed by atoms with van der Waals surface area (Å²) >= 11 is 0. The van der Waals surface area contributed by atoms with Crippen molar-refractivity contribution < 1.29 is 19.4 Å². The number of ether oxygens (including phenoxy) is 1. The van der Waals surface area contributed by atoms with E-state index in [1.807, 2.05) is 0 Å². The predicted octanol–water partition coefficient (Wildman–Crippen LogP) is -1.04. The fourth-order valence-corrected chi connectivity index (χ4v) is 1.36. The highest BCUT2D eigenvalue weighted by Crippen LogP contribution is 2.32. The van der Waals surface area contributed by atoms with Gasteiger partial charge in [0.1, 0.15) is 0 Å². The van der Waals surface area contributed by atoms with E-state index in [0.29, 0.717) is 5.71 Å². The minimum atomic E-state index is -1.06. The molecule has 1 saturated heterocycles. The summed E-state index contributed by atoms with van der Waals surface area (Å²) in [7, 11) is 0. The lowest BCUT2D eigenvalue weighted by molar-refractivity contribution is -0.165. The molecule has 1 fully saturated rings. The SMILES string of the molecule is O=C1CC(C2(C(=O)O)COC2)=NN1. The molecule has 0 radical (unpaired) electrons. The second kappa shape index (κ2) is 2.53. The fourth-order valence-electron chi connectivity index (χ4n) is 1.36. The summed E-state index contributed by atoms with van der Waals surface area (Å²) in [6.07, 6.45) is 0.0651. The summed E-state index contributed by atoms with van der Waals surface area (Å²) in [6.45, 7) is 0.215. The minimum absolute atomic E-state index is 0.0651. The van der Waals surface area contributed by atoms with E-state index in [9.17, 15) is 9.59 Å². The van der Waals surface area contributed by atoms with Gasteiger partial charge in [-0.2, -0.15) is 5.10 Å². The van der Waals surface area contributed by atoms with Crippen LogP contribution in [0.1, 0.15) is 6.42 Å². The van der Waals surface area contributed by atoms with Gasteiger partial charge in [-0.1, -0.05) is 0 Å². The molecule has 6 heteroatoms. The van der Waals surface area contributed by atoms with Gasteiger partial charge in [0.2, 0.25) is 5.91 Å². The van der Waals surface area contributed by atoms with Crippen LogP contribution in [0.3, 0.4) is 0 Å². The molecule has 0 saturated carbocycles. The molecule has 0 atom stereocenters. The smallest absolute Gasteiger partial charge is 0.320 e. The average Bonchev–Trinajstić information content (AvgIpc) is 2.32. The minimum Gasteiger partial charge on any atom is -0.480 e. The molecule has 0 bridgehead atoms. The van der Waals surface area contributed by atoms with E-state index in [1.54, 1.807) is 0 Å². The first-order valence-corrected chi connectivity index (χ1v) is 3.82. The van der Waals surface area contributed by atoms with Crippen molar-refractivity contribution in [3.63, 3.8) is 0 Å². The van der Waals surface area contributed by atoms with Gasteiger partial charge in [0, 0.05) is 0 Å². The van der Waals surface area contributed by atoms with Gasteiger partial charge in [-0.25, -0.2) is 5.43 Å². The quantitative estimate of drug-likeness (QED) is 0.574. The van der Waals surface area contributed by atoms with Gasteiger partial charge < -0.3 is 9.84 Å². The Morgan fingerprint density at radius 1 is 1.62 bits per heavy atom. The molecule has 2 aliphatic rings. The van der Waals surface area contributed by atoms with Crippen molar-refractivity contribution in [3.05, 3.63) is 0 Å². The Morgan fingerprint density at radius 2 is 2.31 bits per heavy atom. The molecule has 70 valence electrons. The van der Waals surface area contributed by atoms with Crippen LogP contribution in [0, 0.1) is 5.41 Å². The van der Waals surface area contributed by atoms with Crippen LogP contribution in [0.15, 0.2) is 5.10 Å². The second-order valence-electron chi connectivity index (χ2n) is 3.15. The monoisotopic (exact) mass is 184 g/mol. The molecule has 13 heavy (non-hydrogen) atoms. The van der Waals surface area contributed by atoms with Crippen LogP contribution in [0.25, 0.3) is 0 Å². The average molecular weight is 184 g/mol. The van der Waals surface area contributed by atoms with E-state index < -0.39 is 11.4 Å². The van der Waals surface area contributed by atoms with E-state index in [-0.39, 0.29) is 25.5 Å². The first kappa shape index (κ1) is 8.18. The van der Waals surface area contributed by atoms with Gasteiger partial charge in [-0.15, -0.1) is 0 Å². The Morgan fingerprint density at radius 3 is 2.62 bits per heavy atom. The van der Waals surface area contributed by atoms with Gasteiger partial charge in [0.05, 0.1) is 25.3 Å². The third-order valence-electron chi connectivity index (χ3n) is 2.30. The maximum Gasteiger partial charge on any atom is 0.320 e. The van der Waals surface area contributed by atoms with Gasteiger partial charge in [-0.05, 0) is 0 Å². The molecule has 6 nitrogen and oxygen atoms in total. The lowest BCUT2D eigenvalue weighted by Crippen LogP contribution is -2.54. The van der Waals surface area contributed by atoms with E-state index >= 15 is 0 Å². The lowest BCUT2D eigenvalue weighted by atomic mass is 9.79. The van der Waals surface area contributed by atoms with Gasteiger partial charge in [-0.3, -0.25) is 9.59 Å². The zero-order valence-electron chi connectivity index (χ0n) is 6.74. The highest BCUT2D eigenvalue weighted by molar-refractivity contribution is 6.16. The van der Waals surface area contributed by atoms with Crippen molar-refractivity contribution in [2.24, 2.45) is 10.5 Å². The van der Waals surface area contributed by atoms with E-state index in [2.05, 4.69) is 10.5 Å². The largest absolute Gasteiger partial charge is 0.480 e. The number of nitrogens with zero attached hydrogens (tertiary/aromatic N) is 1. The Bertz CT molecular complexity index is 306. The van der Waals surface area contributed by atoms with Crippen molar-refractivity contribution in [3.8, 4) is 0 Å². The second-order valence-corrected chi connectivity index (χ2v) is 3.15. The topological polar surface area (TPSA) is 88.0 Å². The maximum absolute atomic E-state index is 10.9. The van der Waals surface area contributed by atoms with Crippen LogP contribution in [-0.2, 0) is 14.3 Å². The number of hydrazone groups is 1. The number of carboxylic acids is 1. The van der Waals surface area contributed by atoms with Crippen LogP contribution in [-0.4, -0.2) is 35.9 Å². The summed E-state index contributed by atoms with van der Waals surface area (Å²) < 4.78 is 4.85. The summed E-state index contributed by atoms with van der Waals surface area (Å²) in [5.74, 6) is -1.24. The van der Waals surface area contributed by atoms with E-state index in [1.165, 1.54) is 0 Å². The third kappa shape index (κ3) is 1.02. The molecule has 1 amide bonds. The number of aliphatic carboxylic acids is 1. The molecule has 2 N–H and O–H groups in total. The van der Waals surface area contributed by atoms with Gasteiger partial charge in [0.15, 0.2) is 5.41 Å². The number of hydrogen-bond acceptors (Lipinski definition) is 4. The van der Waals surface area contributed by atoms with Gasteiger partial charge in [0.25, 0.3) is 0 Å². The fraction of sp³-hybridized carbons (Fsp3) is 0.571. The molecule has 0 aromatic carbocycles. The van der Waals surface area contributed by atoms with Crippen LogP contribution in [0.4, 0.5) is 0 Å². The molecule has 2 aliphatic heterocycles. The first-order chi connectivity index (χ1) is 6.15. The molecule has 0 aromatic heterocycles. The summed E-state index contributed by atoms with van der Waals surface area (Å²) in [5.41, 5.74) is 1.54. The van der Waals surface area contributed by atoms with E-state index in [4.69, 9.17) is 9.84 Å². The number of nitrogens with one attached hydrogen (secondary N) is 1. The third-order valence-corrected chi connectivity index (χ3v) is 2.30. The standard InChI is InChI=1S/C7H8N2O4/c10-5-1-4(8-9-5)7(6(11)12)2-13-3-7/h1-3H2,(H,9,10)(H,11,12). The van der Waals surface area contributed by atoms with Crippen LogP contribution < -0.4 is 5.43 Å². The lowest BCUT2D eigenvalue weighted by Gasteiger charge is -2.36. The van der Waals surface area contributed by atoms with Crippen molar-refractivity contribution in [1.29, 1.82) is 0 Å². The molecular weight excluding hydrogens is 176 g/mol. The van der Waals surface area contributed by atoms with Crippen LogP contribution in [0.5, 0.6) is 0 Å². The van der Waals surface area contributed by atoms with Crippen molar-refractivity contribution in [2.75, 3.05) is 13.2 Å². The molecule has 2 heterocycles. The number of rotatable bonds is 2. The highest BCUT2D eigenvalue weighted by atomic mass is 16.5. The number of hydrogen-bond donors (Lipinski definition) is 2. The maximum atomic E-state index is 10.9. The number of carboxylic acid groups (broad SMARTS) is 1. The molecule has 0 spiro atoms. The number of carbonyl (C=O) groups is 2. The van der Waals surface area contributed by atoms with Crippen molar-refractivity contribution >= 4 is 17.6 Å². The Hall–Kier alpha value is -1.43. The van der Waals surface area contributed by atoms with E-state index in [0.717, 1.165) is 0 Å². The summed E-state index contributed by atoms with van der Waals surface area (Å²) in [6, 6.07) is 0. The first-order valence-electron chi connectivity index (χ1n) is 3.82. The van der Waals surface area contributed by atoms with Gasteiger partial charge >= 0.3 is 5.97 Å². The van der Waals surface area contributed by atoms with Crippen LogP contribution in [0.2, 0.25) is 0 Å². The summed E-state index contributed by atoms with van der Waals surface area (Å²) in [5, 5.41) is 12.6. The highest BCUT2D eigenvalue weighted by Gasteiger charge is 2.52. The zero-order chi connectivity index (χ0) is 9.47. The molecule has 0 aliphatic carbocycles. The summed E-state index contributed by atoms with van der Waals surface area (Å²) in [4.78, 5) is 21.7. The predicted molar refractivity (Wildman–Crippen MR) is 41.1 cm³/mol. The Kier molecular flexibility index (Phi) is 1.59. The Balaban J connectivity index is 2.22. The molecule has 2 rings (SSSR count). The van der Waals surface area contributed by atoms with Crippen molar-refractivity contribution in [1.82, 2.24) is 5.43 Å². The number of carbonyl (C=O) groups excluding carboxylic acids is 1. The normalized spacial score (nSPS) is 24.6.